The third kappa shape index (κ3) is 7.07. The second-order valence-electron chi connectivity index (χ2n) is 10.0. The highest BCUT2D eigenvalue weighted by Crippen LogP contribution is 2.47. The van der Waals surface area contributed by atoms with Crippen molar-refractivity contribution in [1.82, 2.24) is 0 Å². The van der Waals surface area contributed by atoms with E-state index < -0.39 is 23.6 Å². The summed E-state index contributed by atoms with van der Waals surface area (Å²) in [4.78, 5) is 22.9. The van der Waals surface area contributed by atoms with E-state index in [0.29, 0.717) is 34.6 Å². The topological polar surface area (TPSA) is 93.1 Å². The number of hydrogen-bond acceptors (Lipinski definition) is 5. The van der Waals surface area contributed by atoms with E-state index in [-0.39, 0.29) is 12.8 Å². The van der Waals surface area contributed by atoms with Crippen LogP contribution >= 0.6 is 0 Å². The number of allylic oxidation sites excluding steroid dienone is 2. The van der Waals surface area contributed by atoms with E-state index in [9.17, 15) is 14.7 Å². The van der Waals surface area contributed by atoms with E-state index in [0.717, 1.165) is 17.5 Å². The molecule has 0 saturated heterocycles. The van der Waals surface area contributed by atoms with Gasteiger partial charge in [-0.2, -0.15) is 0 Å². The van der Waals surface area contributed by atoms with Crippen LogP contribution in [0.25, 0.3) is 10.8 Å². The van der Waals surface area contributed by atoms with Gasteiger partial charge in [0.15, 0.2) is 6.29 Å². The zero-order chi connectivity index (χ0) is 25.6. The highest BCUT2D eigenvalue weighted by molar-refractivity contribution is 5.97. The summed E-state index contributed by atoms with van der Waals surface area (Å²) in [6.07, 6.45) is 2.41. The van der Waals surface area contributed by atoms with Crippen LogP contribution in [0.5, 0.6) is 11.5 Å². The number of carboxylic acid groups (broad SMARTS) is 1. The molecule has 0 aliphatic heterocycles. The first kappa shape index (κ1) is 27.4. The molecule has 2 aromatic rings. The Morgan fingerprint density at radius 2 is 1.68 bits per heavy atom. The van der Waals surface area contributed by atoms with Gasteiger partial charge < -0.3 is 19.7 Å². The number of carbonyl (C=O) groups excluding carboxylic acids is 1. The molecule has 0 aliphatic carbocycles. The summed E-state index contributed by atoms with van der Waals surface area (Å²) in [7, 11) is 0. The number of carbonyl (C=O) groups is 2. The number of aliphatic hydroxyl groups is 1. The summed E-state index contributed by atoms with van der Waals surface area (Å²) >= 11 is 0. The molecule has 0 spiro atoms. The van der Waals surface area contributed by atoms with Crippen molar-refractivity contribution >= 4 is 22.7 Å². The van der Waals surface area contributed by atoms with E-state index in [1.165, 1.54) is 12.5 Å². The van der Waals surface area contributed by atoms with Gasteiger partial charge in [0.25, 0.3) is 0 Å². The van der Waals surface area contributed by atoms with Crippen molar-refractivity contribution in [3.63, 3.8) is 0 Å². The summed E-state index contributed by atoms with van der Waals surface area (Å²) in [5.74, 6) is 0.101. The predicted molar refractivity (Wildman–Crippen MR) is 134 cm³/mol. The van der Waals surface area contributed by atoms with Crippen LogP contribution in [0, 0.1) is 12.8 Å². The number of rotatable bonds is 11. The van der Waals surface area contributed by atoms with Crippen molar-refractivity contribution in [1.29, 1.82) is 0 Å². The maximum atomic E-state index is 11.9. The van der Waals surface area contributed by atoms with E-state index in [4.69, 9.17) is 14.6 Å². The molecular formula is C28H38O6. The largest absolute Gasteiger partial charge is 0.481 e. The molecule has 0 saturated carbocycles. The molecule has 0 fully saturated rings. The van der Waals surface area contributed by atoms with Gasteiger partial charge in [0.1, 0.15) is 11.5 Å². The minimum Gasteiger partial charge on any atom is -0.481 e. The summed E-state index contributed by atoms with van der Waals surface area (Å²) in [6.45, 7) is 14.0. The van der Waals surface area contributed by atoms with Crippen molar-refractivity contribution in [2.45, 2.75) is 85.9 Å². The molecule has 0 heterocycles. The number of ether oxygens (including phenoxy) is 2. The molecule has 0 aliphatic rings. The van der Waals surface area contributed by atoms with Crippen molar-refractivity contribution in [3.05, 3.63) is 47.0 Å². The van der Waals surface area contributed by atoms with Crippen LogP contribution in [0.3, 0.4) is 0 Å². The quantitative estimate of drug-likeness (QED) is 0.173. The first-order valence-electron chi connectivity index (χ1n) is 11.8. The van der Waals surface area contributed by atoms with Crippen LogP contribution in [0.1, 0.15) is 78.4 Å². The second kappa shape index (κ2) is 11.5. The molecule has 0 radical (unpaired) electrons. The van der Waals surface area contributed by atoms with E-state index >= 15 is 0 Å². The third-order valence-electron chi connectivity index (χ3n) is 5.83. The SMILES string of the molecule is CC(=O)Oc1c(C)c(C(C)(C)C/C=C(\C)CC(C)C)c(OC(O)CCC(=O)O)c2ccccc12. The van der Waals surface area contributed by atoms with Crippen LogP contribution < -0.4 is 9.47 Å². The Labute approximate surface area is 202 Å². The zero-order valence-corrected chi connectivity index (χ0v) is 21.4. The van der Waals surface area contributed by atoms with E-state index in [1.807, 2.05) is 31.2 Å². The summed E-state index contributed by atoms with van der Waals surface area (Å²) in [5.41, 5.74) is 2.45. The van der Waals surface area contributed by atoms with Crippen LogP contribution in [0.2, 0.25) is 0 Å². The van der Waals surface area contributed by atoms with Crippen molar-refractivity contribution < 1.29 is 29.3 Å². The second-order valence-corrected chi connectivity index (χ2v) is 10.0. The Bertz CT molecular complexity index is 1060. The first-order valence-corrected chi connectivity index (χ1v) is 11.8. The Balaban J connectivity index is 2.70. The Morgan fingerprint density at radius 3 is 2.21 bits per heavy atom. The van der Waals surface area contributed by atoms with Gasteiger partial charge in [0.05, 0.1) is 6.42 Å². The van der Waals surface area contributed by atoms with Crippen LogP contribution in [0.15, 0.2) is 35.9 Å². The Morgan fingerprint density at radius 1 is 1.09 bits per heavy atom. The maximum absolute atomic E-state index is 11.9. The molecule has 0 amide bonds. The lowest BCUT2D eigenvalue weighted by molar-refractivity contribution is -0.139. The predicted octanol–water partition coefficient (Wildman–Crippen LogP) is 6.30. The number of aliphatic carboxylic acids is 1. The van der Waals surface area contributed by atoms with Crippen molar-refractivity contribution in [2.75, 3.05) is 0 Å². The number of carboxylic acids is 1. The molecule has 6 nitrogen and oxygen atoms in total. The molecule has 2 aromatic carbocycles. The van der Waals surface area contributed by atoms with Gasteiger partial charge in [0.2, 0.25) is 0 Å². The molecule has 34 heavy (non-hydrogen) atoms. The molecule has 0 aromatic heterocycles. The highest BCUT2D eigenvalue weighted by atomic mass is 16.6. The molecule has 6 heteroatoms. The van der Waals surface area contributed by atoms with Gasteiger partial charge in [-0.3, -0.25) is 9.59 Å². The fourth-order valence-corrected chi connectivity index (χ4v) is 4.41. The number of fused-ring (bicyclic) bond motifs is 1. The molecule has 186 valence electrons. The Kier molecular flexibility index (Phi) is 9.28. The van der Waals surface area contributed by atoms with Gasteiger partial charge in [-0.1, -0.05) is 63.6 Å². The average molecular weight is 471 g/mol. The fourth-order valence-electron chi connectivity index (χ4n) is 4.41. The first-order chi connectivity index (χ1) is 15.8. The fraction of sp³-hybridized carbons (Fsp3) is 0.500. The van der Waals surface area contributed by atoms with Crippen molar-refractivity contribution in [3.8, 4) is 11.5 Å². The van der Waals surface area contributed by atoms with E-state index in [2.05, 4.69) is 40.7 Å². The van der Waals surface area contributed by atoms with E-state index in [1.54, 1.807) is 0 Å². The standard InChI is InChI=1S/C28H38O6/c1-17(2)16-18(3)14-15-28(6,7)25-19(4)26(33-20(5)29)21-10-8-9-11-22(21)27(25)34-24(32)13-12-23(30)31/h8-11,14,17,24,32H,12-13,15-16H2,1-7H3,(H,30,31)/b18-14+. The summed E-state index contributed by atoms with van der Waals surface area (Å²) in [6, 6.07) is 7.42. The summed E-state index contributed by atoms with van der Waals surface area (Å²) < 4.78 is 11.7. The number of benzene rings is 2. The lowest BCUT2D eigenvalue weighted by atomic mass is 9.76. The highest BCUT2D eigenvalue weighted by Gasteiger charge is 2.31. The summed E-state index contributed by atoms with van der Waals surface area (Å²) in [5, 5.41) is 20.9. The molecule has 2 rings (SSSR count). The third-order valence-corrected chi connectivity index (χ3v) is 5.83. The van der Waals surface area contributed by atoms with Gasteiger partial charge in [0, 0.05) is 29.7 Å². The minimum atomic E-state index is -1.29. The normalized spacial score (nSPS) is 13.3. The van der Waals surface area contributed by atoms with Gasteiger partial charge in [-0.15, -0.1) is 0 Å². The van der Waals surface area contributed by atoms with Crippen LogP contribution in [-0.2, 0) is 15.0 Å². The molecular weight excluding hydrogens is 432 g/mol. The van der Waals surface area contributed by atoms with Crippen molar-refractivity contribution in [2.24, 2.45) is 5.92 Å². The average Bonchev–Trinajstić information content (AvgIpc) is 2.73. The number of hydrogen-bond donors (Lipinski definition) is 2. The molecule has 1 unspecified atom stereocenters. The lowest BCUT2D eigenvalue weighted by Crippen LogP contribution is -2.24. The molecule has 1 atom stereocenters. The van der Waals surface area contributed by atoms with Gasteiger partial charge in [-0.25, -0.2) is 0 Å². The van der Waals surface area contributed by atoms with Gasteiger partial charge >= 0.3 is 11.9 Å². The lowest BCUT2D eigenvalue weighted by Gasteiger charge is -2.32. The van der Waals surface area contributed by atoms with Gasteiger partial charge in [-0.05, 0) is 43.6 Å². The number of aliphatic hydroxyl groups excluding tert-OH is 1. The smallest absolute Gasteiger partial charge is 0.308 e. The Hall–Kier alpha value is -2.86. The van der Waals surface area contributed by atoms with Crippen LogP contribution in [0.4, 0.5) is 0 Å². The zero-order valence-electron chi connectivity index (χ0n) is 21.4. The maximum Gasteiger partial charge on any atom is 0.308 e. The number of esters is 1. The molecule has 2 N–H and O–H groups in total. The minimum absolute atomic E-state index is 0.0400. The monoisotopic (exact) mass is 470 g/mol. The molecule has 0 bridgehead atoms. The van der Waals surface area contributed by atoms with Crippen LogP contribution in [-0.4, -0.2) is 28.4 Å².